The van der Waals surface area contributed by atoms with E-state index in [-0.39, 0.29) is 0 Å². The quantitative estimate of drug-likeness (QED) is 0.830. The smallest absolute Gasteiger partial charge is 0.124 e. The molecule has 0 aromatic heterocycles. The van der Waals surface area contributed by atoms with Gasteiger partial charge < -0.3 is 14.8 Å². The Labute approximate surface area is 120 Å². The highest BCUT2D eigenvalue weighted by atomic mass is 16.5. The van der Waals surface area contributed by atoms with Gasteiger partial charge in [0.2, 0.25) is 0 Å². The predicted molar refractivity (Wildman–Crippen MR) is 82.1 cm³/mol. The van der Waals surface area contributed by atoms with Gasteiger partial charge >= 0.3 is 0 Å². The van der Waals surface area contributed by atoms with Gasteiger partial charge in [-0.2, -0.15) is 0 Å². The summed E-state index contributed by atoms with van der Waals surface area (Å²) in [5.41, 5.74) is 3.41. The number of rotatable bonds is 7. The van der Waals surface area contributed by atoms with E-state index in [1.807, 2.05) is 37.3 Å². The first-order valence-corrected chi connectivity index (χ1v) is 6.86. The summed E-state index contributed by atoms with van der Waals surface area (Å²) >= 11 is 0. The van der Waals surface area contributed by atoms with Crippen molar-refractivity contribution < 1.29 is 9.47 Å². The first-order valence-electron chi connectivity index (χ1n) is 6.86. The summed E-state index contributed by atoms with van der Waals surface area (Å²) in [5.74, 6) is 0.937. The van der Waals surface area contributed by atoms with E-state index in [4.69, 9.17) is 9.47 Å². The number of hydrogen-bond acceptors (Lipinski definition) is 3. The lowest BCUT2D eigenvalue weighted by Gasteiger charge is -2.14. The lowest BCUT2D eigenvalue weighted by atomic mass is 10.1. The van der Waals surface area contributed by atoms with Crippen LogP contribution >= 0.6 is 0 Å². The molecular formula is C17H21NO2. The van der Waals surface area contributed by atoms with Crippen LogP contribution in [0, 0.1) is 0 Å². The Bertz CT molecular complexity index is 491. The number of benzene rings is 2. The number of para-hydroxylation sites is 2. The average Bonchev–Trinajstić information content (AvgIpc) is 2.48. The SMILES string of the molecule is CCOc1ccccc1CNc1ccccc1COC. The molecule has 0 aliphatic heterocycles. The van der Waals surface area contributed by atoms with Gasteiger partial charge in [-0.15, -0.1) is 0 Å². The fraction of sp³-hybridized carbons (Fsp3) is 0.294. The fourth-order valence-electron chi connectivity index (χ4n) is 2.11. The number of ether oxygens (including phenoxy) is 2. The van der Waals surface area contributed by atoms with Gasteiger partial charge in [0.15, 0.2) is 0 Å². The van der Waals surface area contributed by atoms with Gasteiger partial charge in [0, 0.05) is 30.5 Å². The third-order valence-electron chi connectivity index (χ3n) is 3.06. The second kappa shape index (κ2) is 7.56. The molecule has 3 heteroatoms. The molecule has 2 rings (SSSR count). The maximum Gasteiger partial charge on any atom is 0.124 e. The van der Waals surface area contributed by atoms with E-state index < -0.39 is 0 Å². The minimum absolute atomic E-state index is 0.607. The van der Waals surface area contributed by atoms with Gasteiger partial charge in [-0.25, -0.2) is 0 Å². The maximum absolute atomic E-state index is 5.64. The second-order valence-corrected chi connectivity index (χ2v) is 4.48. The second-order valence-electron chi connectivity index (χ2n) is 4.48. The van der Waals surface area contributed by atoms with Gasteiger partial charge in [0.05, 0.1) is 13.2 Å². The summed E-state index contributed by atoms with van der Waals surface area (Å²) < 4.78 is 10.9. The Morgan fingerprint density at radius 2 is 1.65 bits per heavy atom. The Hall–Kier alpha value is -2.00. The molecule has 0 heterocycles. The van der Waals surface area contributed by atoms with Crippen LogP contribution in [0.5, 0.6) is 5.75 Å². The first kappa shape index (κ1) is 14.4. The highest BCUT2D eigenvalue weighted by molar-refractivity contribution is 5.51. The third-order valence-corrected chi connectivity index (χ3v) is 3.06. The summed E-state index contributed by atoms with van der Waals surface area (Å²) in [4.78, 5) is 0. The Balaban J connectivity index is 2.09. The van der Waals surface area contributed by atoms with Crippen molar-refractivity contribution in [3.63, 3.8) is 0 Å². The van der Waals surface area contributed by atoms with Crippen molar-refractivity contribution in [3.8, 4) is 5.75 Å². The van der Waals surface area contributed by atoms with E-state index in [0.29, 0.717) is 13.2 Å². The molecule has 0 radical (unpaired) electrons. The molecule has 0 spiro atoms. The average molecular weight is 271 g/mol. The molecule has 2 aromatic rings. The Morgan fingerprint density at radius 3 is 2.40 bits per heavy atom. The van der Waals surface area contributed by atoms with E-state index >= 15 is 0 Å². The molecule has 106 valence electrons. The van der Waals surface area contributed by atoms with Crippen molar-refractivity contribution in [1.82, 2.24) is 0 Å². The predicted octanol–water partition coefficient (Wildman–Crippen LogP) is 3.84. The van der Waals surface area contributed by atoms with Gasteiger partial charge in [-0.3, -0.25) is 0 Å². The lowest BCUT2D eigenvalue weighted by Crippen LogP contribution is -2.05. The molecule has 0 aliphatic carbocycles. The molecule has 1 N–H and O–H groups in total. The molecular weight excluding hydrogens is 250 g/mol. The van der Waals surface area contributed by atoms with Crippen LogP contribution < -0.4 is 10.1 Å². The molecule has 3 nitrogen and oxygen atoms in total. The molecule has 0 aliphatic rings. The lowest BCUT2D eigenvalue weighted by molar-refractivity contribution is 0.185. The molecule has 20 heavy (non-hydrogen) atoms. The molecule has 0 saturated carbocycles. The zero-order valence-electron chi connectivity index (χ0n) is 12.1. The van der Waals surface area contributed by atoms with Crippen molar-refractivity contribution in [2.75, 3.05) is 19.0 Å². The minimum Gasteiger partial charge on any atom is -0.494 e. The van der Waals surface area contributed by atoms with E-state index in [0.717, 1.165) is 29.1 Å². The largest absolute Gasteiger partial charge is 0.494 e. The van der Waals surface area contributed by atoms with Crippen molar-refractivity contribution in [3.05, 3.63) is 59.7 Å². The summed E-state index contributed by atoms with van der Waals surface area (Å²) in [6.07, 6.45) is 0. The van der Waals surface area contributed by atoms with E-state index in [2.05, 4.69) is 23.5 Å². The first-order chi connectivity index (χ1) is 9.85. The van der Waals surface area contributed by atoms with Crippen LogP contribution in [0.4, 0.5) is 5.69 Å². The van der Waals surface area contributed by atoms with Crippen LogP contribution in [0.15, 0.2) is 48.5 Å². The Kier molecular flexibility index (Phi) is 5.44. The molecule has 0 fully saturated rings. The fourth-order valence-corrected chi connectivity index (χ4v) is 2.11. The topological polar surface area (TPSA) is 30.5 Å². The molecule has 2 aromatic carbocycles. The zero-order valence-corrected chi connectivity index (χ0v) is 12.1. The molecule has 0 atom stereocenters. The molecule has 0 unspecified atom stereocenters. The molecule has 0 bridgehead atoms. The van der Waals surface area contributed by atoms with Crippen LogP contribution in [0.1, 0.15) is 18.1 Å². The molecule has 0 amide bonds. The van der Waals surface area contributed by atoms with Crippen LogP contribution in [-0.2, 0) is 17.9 Å². The van der Waals surface area contributed by atoms with Crippen LogP contribution in [-0.4, -0.2) is 13.7 Å². The summed E-state index contributed by atoms with van der Waals surface area (Å²) in [6.45, 7) is 4.02. The van der Waals surface area contributed by atoms with Crippen molar-refractivity contribution >= 4 is 5.69 Å². The summed E-state index contributed by atoms with van der Waals surface area (Å²) in [6, 6.07) is 16.3. The van der Waals surface area contributed by atoms with E-state index in [1.165, 1.54) is 0 Å². The van der Waals surface area contributed by atoms with Crippen LogP contribution in [0.3, 0.4) is 0 Å². The number of methoxy groups -OCH3 is 1. The van der Waals surface area contributed by atoms with E-state index in [9.17, 15) is 0 Å². The number of anilines is 1. The Morgan fingerprint density at radius 1 is 0.950 bits per heavy atom. The van der Waals surface area contributed by atoms with E-state index in [1.54, 1.807) is 7.11 Å². The van der Waals surface area contributed by atoms with Crippen molar-refractivity contribution in [1.29, 1.82) is 0 Å². The van der Waals surface area contributed by atoms with Crippen molar-refractivity contribution in [2.45, 2.75) is 20.1 Å². The maximum atomic E-state index is 5.64. The highest BCUT2D eigenvalue weighted by Crippen LogP contribution is 2.21. The van der Waals surface area contributed by atoms with Gasteiger partial charge in [0.25, 0.3) is 0 Å². The van der Waals surface area contributed by atoms with Gasteiger partial charge in [0.1, 0.15) is 5.75 Å². The molecule has 0 saturated heterocycles. The summed E-state index contributed by atoms with van der Waals surface area (Å²) in [5, 5.41) is 3.45. The third kappa shape index (κ3) is 3.75. The minimum atomic E-state index is 0.607. The zero-order chi connectivity index (χ0) is 14.2. The van der Waals surface area contributed by atoms with Gasteiger partial charge in [-0.1, -0.05) is 36.4 Å². The van der Waals surface area contributed by atoms with Crippen LogP contribution in [0.2, 0.25) is 0 Å². The number of nitrogens with one attached hydrogen (secondary N) is 1. The standard InChI is InChI=1S/C17H21NO2/c1-3-20-17-11-7-5-8-14(17)12-18-16-10-6-4-9-15(16)13-19-2/h4-11,18H,3,12-13H2,1-2H3. The van der Waals surface area contributed by atoms with Crippen LogP contribution in [0.25, 0.3) is 0 Å². The summed E-state index contributed by atoms with van der Waals surface area (Å²) in [7, 11) is 1.71. The highest BCUT2D eigenvalue weighted by Gasteiger charge is 2.04. The normalized spacial score (nSPS) is 10.3. The number of hydrogen-bond donors (Lipinski definition) is 1. The van der Waals surface area contributed by atoms with Gasteiger partial charge in [-0.05, 0) is 19.1 Å². The van der Waals surface area contributed by atoms with Crippen molar-refractivity contribution in [2.24, 2.45) is 0 Å². The monoisotopic (exact) mass is 271 g/mol.